The maximum Gasteiger partial charge on any atom is 0.150 e. The van der Waals surface area contributed by atoms with Crippen molar-refractivity contribution in [2.45, 2.75) is 57.2 Å². The summed E-state index contributed by atoms with van der Waals surface area (Å²) in [7, 11) is -2.86. The zero-order chi connectivity index (χ0) is 14.3. The summed E-state index contributed by atoms with van der Waals surface area (Å²) in [6, 6.07) is 0.394. The van der Waals surface area contributed by atoms with Crippen LogP contribution in [0, 0.1) is 0 Å². The molecule has 1 N–H and O–H groups in total. The van der Waals surface area contributed by atoms with Gasteiger partial charge in [-0.2, -0.15) is 0 Å². The lowest BCUT2D eigenvalue weighted by molar-refractivity contribution is 0.290. The summed E-state index contributed by atoms with van der Waals surface area (Å²) < 4.78 is 23.2. The van der Waals surface area contributed by atoms with Crippen molar-refractivity contribution in [1.82, 2.24) is 10.2 Å². The van der Waals surface area contributed by atoms with Crippen LogP contribution in [0.1, 0.15) is 46.0 Å². The van der Waals surface area contributed by atoms with Crippen molar-refractivity contribution >= 4 is 9.84 Å². The number of nitrogens with one attached hydrogen (secondary N) is 1. The summed E-state index contributed by atoms with van der Waals surface area (Å²) in [5.74, 6) is 0. The third-order valence-corrected chi connectivity index (χ3v) is 5.85. The van der Waals surface area contributed by atoms with Crippen molar-refractivity contribution in [2.24, 2.45) is 0 Å². The van der Waals surface area contributed by atoms with Crippen LogP contribution in [0.2, 0.25) is 0 Å². The lowest BCUT2D eigenvalue weighted by atomic mass is 9.95. The smallest absolute Gasteiger partial charge is 0.150 e. The molecule has 0 aromatic rings. The van der Waals surface area contributed by atoms with Gasteiger partial charge in [0, 0.05) is 12.3 Å². The van der Waals surface area contributed by atoms with Crippen molar-refractivity contribution in [3.63, 3.8) is 0 Å². The van der Waals surface area contributed by atoms with Crippen LogP contribution < -0.4 is 5.32 Å². The van der Waals surface area contributed by atoms with Crippen molar-refractivity contribution in [3.8, 4) is 0 Å². The van der Waals surface area contributed by atoms with E-state index in [0.717, 1.165) is 58.3 Å². The van der Waals surface area contributed by atoms with Gasteiger partial charge in [-0.3, -0.25) is 0 Å². The third kappa shape index (κ3) is 6.23. The molecule has 0 bridgehead atoms. The Balaban J connectivity index is 2.23. The van der Waals surface area contributed by atoms with E-state index in [-0.39, 0.29) is 5.25 Å². The van der Waals surface area contributed by atoms with Crippen LogP contribution in [-0.2, 0) is 9.84 Å². The van der Waals surface area contributed by atoms with Crippen LogP contribution in [-0.4, -0.2) is 57.0 Å². The van der Waals surface area contributed by atoms with Crippen molar-refractivity contribution in [3.05, 3.63) is 0 Å². The quantitative estimate of drug-likeness (QED) is 0.691. The lowest BCUT2D eigenvalue weighted by Crippen LogP contribution is -2.39. The number of hydrogen-bond donors (Lipinski definition) is 1. The molecule has 2 atom stereocenters. The molecule has 0 aliphatic heterocycles. The molecule has 0 heterocycles. The summed E-state index contributed by atoms with van der Waals surface area (Å²) in [5.41, 5.74) is 0. The van der Waals surface area contributed by atoms with E-state index in [4.69, 9.17) is 0 Å². The van der Waals surface area contributed by atoms with E-state index < -0.39 is 9.84 Å². The molecular formula is C14H30N2O2S. The third-order valence-electron chi connectivity index (χ3n) is 4.21. The lowest BCUT2D eigenvalue weighted by Gasteiger charge is -2.29. The summed E-state index contributed by atoms with van der Waals surface area (Å²) >= 11 is 0. The van der Waals surface area contributed by atoms with Crippen LogP contribution >= 0.6 is 0 Å². The average molecular weight is 290 g/mol. The SMILES string of the molecule is CCN(CC)CCCNC1CCCC(S(C)(=O)=O)C1. The maximum atomic E-state index is 11.6. The Morgan fingerprint density at radius 2 is 1.89 bits per heavy atom. The number of rotatable bonds is 8. The largest absolute Gasteiger partial charge is 0.314 e. The van der Waals surface area contributed by atoms with Gasteiger partial charge in [0.15, 0.2) is 0 Å². The highest BCUT2D eigenvalue weighted by molar-refractivity contribution is 7.91. The zero-order valence-corrected chi connectivity index (χ0v) is 13.5. The van der Waals surface area contributed by atoms with Crippen molar-refractivity contribution in [2.75, 3.05) is 32.4 Å². The van der Waals surface area contributed by atoms with Crippen molar-refractivity contribution < 1.29 is 8.42 Å². The minimum absolute atomic E-state index is 0.124. The first-order valence-electron chi connectivity index (χ1n) is 7.62. The van der Waals surface area contributed by atoms with Gasteiger partial charge in [0.05, 0.1) is 5.25 Å². The Kier molecular flexibility index (Phi) is 7.32. The second-order valence-corrected chi connectivity index (χ2v) is 7.98. The monoisotopic (exact) mass is 290 g/mol. The van der Waals surface area contributed by atoms with Crippen LogP contribution in [0.15, 0.2) is 0 Å². The summed E-state index contributed by atoms with van der Waals surface area (Å²) in [5, 5.41) is 3.41. The Morgan fingerprint density at radius 1 is 1.21 bits per heavy atom. The Labute approximate surface area is 118 Å². The molecule has 0 saturated heterocycles. The summed E-state index contributed by atoms with van der Waals surface area (Å²) in [6.07, 6.45) is 6.31. The normalized spacial score (nSPS) is 24.8. The molecule has 19 heavy (non-hydrogen) atoms. The molecule has 1 fully saturated rings. The van der Waals surface area contributed by atoms with Gasteiger partial charge in [0.2, 0.25) is 0 Å². The molecule has 1 saturated carbocycles. The second kappa shape index (κ2) is 8.22. The molecule has 114 valence electrons. The standard InChI is InChI=1S/C14H30N2O2S/c1-4-16(5-2)11-7-10-15-13-8-6-9-14(12-13)19(3,17)18/h13-15H,4-12H2,1-3H3. The van der Waals surface area contributed by atoms with Crippen LogP contribution in [0.4, 0.5) is 0 Å². The Bertz CT molecular complexity index is 339. The summed E-state index contributed by atoms with van der Waals surface area (Å²) in [4.78, 5) is 2.42. The number of sulfone groups is 1. The van der Waals surface area contributed by atoms with E-state index in [1.54, 1.807) is 0 Å². The molecular weight excluding hydrogens is 260 g/mol. The van der Waals surface area contributed by atoms with E-state index >= 15 is 0 Å². The van der Waals surface area contributed by atoms with Gasteiger partial charge < -0.3 is 10.2 Å². The number of nitrogens with zero attached hydrogens (tertiary/aromatic N) is 1. The van der Waals surface area contributed by atoms with Crippen LogP contribution in [0.25, 0.3) is 0 Å². The highest BCUT2D eigenvalue weighted by atomic mass is 32.2. The van der Waals surface area contributed by atoms with Gasteiger partial charge in [0.1, 0.15) is 9.84 Å². The fourth-order valence-electron chi connectivity index (χ4n) is 2.87. The Hall–Kier alpha value is -0.130. The molecule has 1 rings (SSSR count). The first-order valence-corrected chi connectivity index (χ1v) is 9.57. The van der Waals surface area contributed by atoms with Gasteiger partial charge in [-0.15, -0.1) is 0 Å². The fourth-order valence-corrected chi connectivity index (χ4v) is 4.04. The van der Waals surface area contributed by atoms with Gasteiger partial charge in [-0.25, -0.2) is 8.42 Å². The highest BCUT2D eigenvalue weighted by Gasteiger charge is 2.28. The molecule has 2 unspecified atom stereocenters. The molecule has 0 spiro atoms. The van der Waals surface area contributed by atoms with Gasteiger partial charge in [-0.1, -0.05) is 20.3 Å². The van der Waals surface area contributed by atoms with E-state index in [1.165, 1.54) is 6.26 Å². The highest BCUT2D eigenvalue weighted by Crippen LogP contribution is 2.23. The molecule has 0 radical (unpaired) electrons. The first-order chi connectivity index (χ1) is 8.97. The van der Waals surface area contributed by atoms with Gasteiger partial charge in [0.25, 0.3) is 0 Å². The van der Waals surface area contributed by atoms with Gasteiger partial charge in [-0.05, 0) is 51.9 Å². The molecule has 0 aromatic heterocycles. The molecule has 0 amide bonds. The predicted octanol–water partition coefficient (Wildman–Crippen LogP) is 1.66. The van der Waals surface area contributed by atoms with E-state index in [2.05, 4.69) is 24.1 Å². The second-order valence-electron chi connectivity index (χ2n) is 5.65. The van der Waals surface area contributed by atoms with E-state index in [9.17, 15) is 8.42 Å². The molecule has 5 heteroatoms. The zero-order valence-electron chi connectivity index (χ0n) is 12.7. The number of hydrogen-bond acceptors (Lipinski definition) is 4. The molecule has 1 aliphatic rings. The van der Waals surface area contributed by atoms with Crippen LogP contribution in [0.5, 0.6) is 0 Å². The van der Waals surface area contributed by atoms with Crippen LogP contribution in [0.3, 0.4) is 0 Å². The fraction of sp³-hybridized carbons (Fsp3) is 1.00. The Morgan fingerprint density at radius 3 is 2.47 bits per heavy atom. The minimum Gasteiger partial charge on any atom is -0.314 e. The molecule has 1 aliphatic carbocycles. The topological polar surface area (TPSA) is 49.4 Å². The summed E-state index contributed by atoms with van der Waals surface area (Å²) in [6.45, 7) is 8.72. The first kappa shape index (κ1) is 16.9. The molecule has 4 nitrogen and oxygen atoms in total. The van der Waals surface area contributed by atoms with E-state index in [0.29, 0.717) is 6.04 Å². The predicted molar refractivity (Wildman–Crippen MR) is 81.3 cm³/mol. The average Bonchev–Trinajstić information content (AvgIpc) is 2.38. The maximum absolute atomic E-state index is 11.6. The van der Waals surface area contributed by atoms with Crippen molar-refractivity contribution in [1.29, 1.82) is 0 Å². The van der Waals surface area contributed by atoms with E-state index in [1.807, 2.05) is 0 Å². The van der Waals surface area contributed by atoms with Gasteiger partial charge >= 0.3 is 0 Å². The molecule has 0 aromatic carbocycles. The minimum atomic E-state index is -2.86.